The maximum absolute atomic E-state index is 12.9. The first-order chi connectivity index (χ1) is 10.0. The number of aromatic nitrogens is 1. The Labute approximate surface area is 125 Å². The molecule has 0 atom stereocenters. The fourth-order valence-electron chi connectivity index (χ4n) is 2.13. The Morgan fingerprint density at radius 3 is 2.43 bits per heavy atom. The van der Waals surface area contributed by atoms with Gasteiger partial charge in [-0.05, 0) is 38.1 Å². The number of nitrogens with zero attached hydrogens (tertiary/aromatic N) is 2. The van der Waals surface area contributed by atoms with Gasteiger partial charge in [-0.3, -0.25) is 9.29 Å². The average molecular weight is 305 g/mol. The minimum absolute atomic E-state index is 0.0842. The van der Waals surface area contributed by atoms with E-state index >= 15 is 0 Å². The summed E-state index contributed by atoms with van der Waals surface area (Å²) in [5, 5.41) is 0. The monoisotopic (exact) mass is 305 g/mol. The molecule has 0 radical (unpaired) electrons. The molecule has 0 aliphatic carbocycles. The molecule has 1 aromatic heterocycles. The number of hydrogen-bond acceptors (Lipinski definition) is 4. The number of sulfonamides is 1. The number of aryl methyl sites for hydroxylation is 1. The van der Waals surface area contributed by atoms with E-state index in [2.05, 4.69) is 4.98 Å². The van der Waals surface area contributed by atoms with E-state index in [9.17, 15) is 8.42 Å². The van der Waals surface area contributed by atoms with Crippen LogP contribution in [-0.2, 0) is 16.6 Å². The van der Waals surface area contributed by atoms with Gasteiger partial charge in [-0.15, -0.1) is 0 Å². The second-order valence-corrected chi connectivity index (χ2v) is 6.49. The molecule has 0 unspecified atom stereocenters. The molecule has 1 heterocycles. The van der Waals surface area contributed by atoms with E-state index in [1.54, 1.807) is 37.4 Å². The number of benzene rings is 1. The van der Waals surface area contributed by atoms with Crippen LogP contribution in [0.1, 0.15) is 18.2 Å². The van der Waals surface area contributed by atoms with Crippen molar-refractivity contribution in [1.82, 2.24) is 4.98 Å². The number of hydrogen-bond donors (Lipinski definition) is 1. The van der Waals surface area contributed by atoms with Crippen molar-refractivity contribution in [3.63, 3.8) is 0 Å². The Kier molecular flexibility index (Phi) is 4.59. The van der Waals surface area contributed by atoms with E-state index in [4.69, 9.17) is 5.73 Å². The molecule has 0 amide bonds. The summed E-state index contributed by atoms with van der Waals surface area (Å²) in [5.41, 5.74) is 7.69. The maximum atomic E-state index is 12.9. The minimum atomic E-state index is -3.67. The van der Waals surface area contributed by atoms with Gasteiger partial charge in [-0.25, -0.2) is 8.42 Å². The summed E-state index contributed by atoms with van der Waals surface area (Å²) in [6.07, 6.45) is 1.55. The van der Waals surface area contributed by atoms with Crippen molar-refractivity contribution < 1.29 is 8.42 Å². The molecular weight excluding hydrogens is 286 g/mol. The molecule has 2 aromatic rings. The standard InChI is InChI=1S/C15H19N3O2S/c1-3-18(13-8-6-12(2)7-9-13)21(19,20)15-5-4-10-17-14(15)11-16/h4-10H,3,11,16H2,1-2H3. The first-order valence-corrected chi connectivity index (χ1v) is 8.18. The first-order valence-electron chi connectivity index (χ1n) is 6.74. The smallest absolute Gasteiger partial charge is 0.266 e. The number of pyridine rings is 1. The molecule has 5 nitrogen and oxygen atoms in total. The maximum Gasteiger partial charge on any atom is 0.266 e. The van der Waals surface area contributed by atoms with Crippen LogP contribution in [0.25, 0.3) is 0 Å². The van der Waals surface area contributed by atoms with Crippen LogP contribution in [0.3, 0.4) is 0 Å². The van der Waals surface area contributed by atoms with Crippen LogP contribution >= 0.6 is 0 Å². The Hall–Kier alpha value is -1.92. The molecule has 6 heteroatoms. The quantitative estimate of drug-likeness (QED) is 0.917. The van der Waals surface area contributed by atoms with Crippen molar-refractivity contribution in [2.45, 2.75) is 25.3 Å². The van der Waals surface area contributed by atoms with Crippen LogP contribution in [-0.4, -0.2) is 19.9 Å². The Bertz CT molecular complexity index is 712. The zero-order valence-electron chi connectivity index (χ0n) is 12.2. The van der Waals surface area contributed by atoms with Crippen LogP contribution in [0.15, 0.2) is 47.5 Å². The summed E-state index contributed by atoms with van der Waals surface area (Å²) in [6, 6.07) is 10.5. The highest BCUT2D eigenvalue weighted by atomic mass is 32.2. The normalized spacial score (nSPS) is 11.4. The number of anilines is 1. The third kappa shape index (κ3) is 3.06. The van der Waals surface area contributed by atoms with Crippen molar-refractivity contribution >= 4 is 15.7 Å². The summed E-state index contributed by atoms with van der Waals surface area (Å²) in [7, 11) is -3.67. The van der Waals surface area contributed by atoms with Crippen molar-refractivity contribution in [1.29, 1.82) is 0 Å². The molecule has 2 N–H and O–H groups in total. The fourth-order valence-corrected chi connectivity index (χ4v) is 3.79. The van der Waals surface area contributed by atoms with E-state index in [0.717, 1.165) is 5.56 Å². The van der Waals surface area contributed by atoms with E-state index in [0.29, 0.717) is 17.9 Å². The summed E-state index contributed by atoms with van der Waals surface area (Å²) < 4.78 is 27.1. The second-order valence-electron chi connectivity index (χ2n) is 4.66. The van der Waals surface area contributed by atoms with Crippen molar-refractivity contribution in [3.8, 4) is 0 Å². The summed E-state index contributed by atoms with van der Waals surface area (Å²) in [5.74, 6) is 0. The molecule has 2 rings (SSSR count). The molecule has 0 saturated heterocycles. The molecule has 0 fully saturated rings. The third-order valence-corrected chi connectivity index (χ3v) is 5.20. The van der Waals surface area contributed by atoms with Crippen LogP contribution in [0, 0.1) is 6.92 Å². The lowest BCUT2D eigenvalue weighted by molar-refractivity contribution is 0.590. The van der Waals surface area contributed by atoms with Gasteiger partial charge in [0.25, 0.3) is 10.0 Å². The minimum Gasteiger partial charge on any atom is -0.325 e. The molecule has 112 valence electrons. The number of rotatable bonds is 5. The van der Waals surface area contributed by atoms with Crippen LogP contribution in [0.4, 0.5) is 5.69 Å². The van der Waals surface area contributed by atoms with E-state index < -0.39 is 10.0 Å². The Balaban J connectivity index is 2.52. The van der Waals surface area contributed by atoms with E-state index in [1.807, 2.05) is 19.1 Å². The van der Waals surface area contributed by atoms with E-state index in [-0.39, 0.29) is 11.4 Å². The summed E-state index contributed by atoms with van der Waals surface area (Å²) in [6.45, 7) is 4.18. The van der Waals surface area contributed by atoms with Crippen LogP contribution in [0.2, 0.25) is 0 Å². The van der Waals surface area contributed by atoms with Gasteiger partial charge in [0.05, 0.1) is 11.4 Å². The lowest BCUT2D eigenvalue weighted by atomic mass is 10.2. The van der Waals surface area contributed by atoms with Crippen molar-refractivity contribution in [3.05, 3.63) is 53.9 Å². The highest BCUT2D eigenvalue weighted by molar-refractivity contribution is 7.92. The van der Waals surface area contributed by atoms with Gasteiger partial charge in [0.1, 0.15) is 4.90 Å². The first kappa shape index (κ1) is 15.5. The SMILES string of the molecule is CCN(c1ccc(C)cc1)S(=O)(=O)c1cccnc1CN. The van der Waals surface area contributed by atoms with Crippen LogP contribution < -0.4 is 10.0 Å². The molecule has 0 spiro atoms. The molecule has 21 heavy (non-hydrogen) atoms. The van der Waals surface area contributed by atoms with Gasteiger partial charge in [0.2, 0.25) is 0 Å². The molecule has 0 saturated carbocycles. The van der Waals surface area contributed by atoms with Gasteiger partial charge in [0, 0.05) is 19.3 Å². The Morgan fingerprint density at radius 1 is 1.19 bits per heavy atom. The zero-order valence-corrected chi connectivity index (χ0v) is 13.0. The zero-order chi connectivity index (χ0) is 15.5. The predicted octanol–water partition coefficient (Wildman–Crippen LogP) is 2.06. The molecule has 0 aliphatic heterocycles. The summed E-state index contributed by atoms with van der Waals surface area (Å²) in [4.78, 5) is 4.22. The molecule has 0 bridgehead atoms. The highest BCUT2D eigenvalue weighted by Gasteiger charge is 2.26. The molecule has 0 aliphatic rings. The Morgan fingerprint density at radius 2 is 1.86 bits per heavy atom. The predicted molar refractivity (Wildman–Crippen MR) is 83.5 cm³/mol. The van der Waals surface area contributed by atoms with Crippen molar-refractivity contribution in [2.75, 3.05) is 10.8 Å². The molecule has 1 aromatic carbocycles. The summed E-state index contributed by atoms with van der Waals surface area (Å²) >= 11 is 0. The van der Waals surface area contributed by atoms with Gasteiger partial charge < -0.3 is 5.73 Å². The molecular formula is C15H19N3O2S. The second kappa shape index (κ2) is 6.24. The largest absolute Gasteiger partial charge is 0.325 e. The topological polar surface area (TPSA) is 76.3 Å². The van der Waals surface area contributed by atoms with Gasteiger partial charge in [-0.1, -0.05) is 17.7 Å². The third-order valence-electron chi connectivity index (χ3n) is 3.22. The lowest BCUT2D eigenvalue weighted by Crippen LogP contribution is -2.32. The lowest BCUT2D eigenvalue weighted by Gasteiger charge is -2.23. The van der Waals surface area contributed by atoms with E-state index in [1.165, 1.54) is 4.31 Å². The van der Waals surface area contributed by atoms with Gasteiger partial charge >= 0.3 is 0 Å². The van der Waals surface area contributed by atoms with Gasteiger partial charge in [0.15, 0.2) is 0 Å². The average Bonchev–Trinajstić information content (AvgIpc) is 2.49. The fraction of sp³-hybridized carbons (Fsp3) is 0.267. The number of nitrogens with two attached hydrogens (primary N) is 1. The van der Waals surface area contributed by atoms with Crippen LogP contribution in [0.5, 0.6) is 0 Å². The van der Waals surface area contributed by atoms with Crippen molar-refractivity contribution in [2.24, 2.45) is 5.73 Å². The highest BCUT2D eigenvalue weighted by Crippen LogP contribution is 2.25. The van der Waals surface area contributed by atoms with Gasteiger partial charge in [-0.2, -0.15) is 0 Å².